The van der Waals surface area contributed by atoms with Crippen molar-refractivity contribution in [1.82, 2.24) is 10.6 Å². The minimum absolute atomic E-state index is 0. The quantitative estimate of drug-likeness (QED) is 0.0810. The van der Waals surface area contributed by atoms with Gasteiger partial charge in [-0.05, 0) is 69.0 Å². The standard InChI is InChI=1S/C27H35ClN6O4.ClH/c28-23-5-7-25(8-6-23)36-18-4-2-1-3-13-31-26(32-20-29)33-24-11-16-34(17-12-24)21-38-27(35)37-19-22-9-14-30-15-10-22;/h5-8,11-12,16-17,22,30H,1-4,9-10,13-15,18-19,21H2,(H,31,32);1H. The Bertz CT molecular complexity index is 1040. The summed E-state index contributed by atoms with van der Waals surface area (Å²) in [5, 5.41) is 19.3. The van der Waals surface area contributed by atoms with E-state index in [1.807, 2.05) is 30.5 Å². The fourth-order valence-electron chi connectivity index (χ4n) is 3.84. The molecule has 0 aliphatic carbocycles. The molecule has 1 aliphatic rings. The third kappa shape index (κ3) is 13.4. The monoisotopic (exact) mass is 578 g/mol. The van der Waals surface area contributed by atoms with Crippen molar-refractivity contribution in [2.24, 2.45) is 10.9 Å². The van der Waals surface area contributed by atoms with Crippen molar-refractivity contribution in [3.8, 4) is 11.9 Å². The van der Waals surface area contributed by atoms with Crippen LogP contribution >= 0.6 is 11.6 Å². The number of piperidine rings is 1. The minimum atomic E-state index is -0.667. The Morgan fingerprint density at radius 2 is 1.79 bits per heavy atom. The Balaban J connectivity index is 0.00000533. The second-order valence-corrected chi connectivity index (χ2v) is 9.39. The second kappa shape index (κ2) is 18.9. The van der Waals surface area contributed by atoms with Gasteiger partial charge in [-0.1, -0.05) is 24.4 Å². The first-order valence-corrected chi connectivity index (χ1v) is 13.4. The molecular formula is C27H36Cl2N6O4. The number of halogens is 2. The Hall–Kier alpha value is -3.26. The van der Waals surface area contributed by atoms with Gasteiger partial charge in [-0.15, -0.1) is 4.99 Å². The molecule has 1 aromatic heterocycles. The molecule has 1 fully saturated rings. The normalized spacial score (nSPS) is 13.5. The van der Waals surface area contributed by atoms with Gasteiger partial charge in [0, 0.05) is 23.7 Å². The molecule has 1 aliphatic heterocycles. The summed E-state index contributed by atoms with van der Waals surface area (Å²) in [5.41, 5.74) is 0.746. The number of hydrogen-bond donors (Lipinski definition) is 3. The Kier molecular flexibility index (Phi) is 15.5. The summed E-state index contributed by atoms with van der Waals surface area (Å²) in [6.07, 6.45) is 10.7. The van der Waals surface area contributed by atoms with Gasteiger partial charge in [-0.25, -0.2) is 4.79 Å². The number of hydrogen-bond acceptors (Lipinski definition) is 7. The number of nitrogens with one attached hydrogen (secondary N) is 3. The van der Waals surface area contributed by atoms with Crippen molar-refractivity contribution in [1.29, 1.82) is 5.26 Å². The van der Waals surface area contributed by atoms with Crippen molar-refractivity contribution >= 4 is 29.4 Å². The smallest absolute Gasteiger partial charge is 0.513 e. The summed E-state index contributed by atoms with van der Waals surface area (Å²) in [6.45, 7) is 3.70. The summed E-state index contributed by atoms with van der Waals surface area (Å²) >= 11 is 5.87. The van der Waals surface area contributed by atoms with Crippen LogP contribution in [0.5, 0.6) is 5.75 Å². The van der Waals surface area contributed by atoms with E-state index in [0.717, 1.165) is 63.1 Å². The van der Waals surface area contributed by atoms with Gasteiger partial charge in [0.1, 0.15) is 5.75 Å². The highest BCUT2D eigenvalue weighted by molar-refractivity contribution is 6.30. The molecule has 2 heterocycles. The predicted molar refractivity (Wildman–Crippen MR) is 145 cm³/mol. The van der Waals surface area contributed by atoms with Crippen molar-refractivity contribution < 1.29 is 36.0 Å². The maximum atomic E-state index is 11.9. The molecule has 39 heavy (non-hydrogen) atoms. The number of rotatable bonds is 13. The average Bonchev–Trinajstić information content (AvgIpc) is 2.94. The molecule has 0 saturated carbocycles. The average molecular weight is 580 g/mol. The Labute approximate surface area is 241 Å². The maximum Gasteiger partial charge on any atom is 0.513 e. The van der Waals surface area contributed by atoms with Gasteiger partial charge >= 0.3 is 6.16 Å². The van der Waals surface area contributed by atoms with Crippen LogP contribution < -0.4 is 37.7 Å². The summed E-state index contributed by atoms with van der Waals surface area (Å²) in [6, 6.07) is 11.0. The Morgan fingerprint density at radius 1 is 1.08 bits per heavy atom. The van der Waals surface area contributed by atoms with E-state index in [4.69, 9.17) is 31.1 Å². The van der Waals surface area contributed by atoms with E-state index in [9.17, 15) is 4.79 Å². The van der Waals surface area contributed by atoms with Gasteiger partial charge in [0.15, 0.2) is 12.4 Å². The summed E-state index contributed by atoms with van der Waals surface area (Å²) in [7, 11) is 0. The summed E-state index contributed by atoms with van der Waals surface area (Å²) in [5.74, 6) is 1.60. The number of pyridine rings is 1. The van der Waals surface area contributed by atoms with Gasteiger partial charge in [-0.3, -0.25) is 0 Å². The first kappa shape index (κ1) is 32.0. The molecule has 2 aromatic rings. The van der Waals surface area contributed by atoms with E-state index in [1.54, 1.807) is 29.1 Å². The van der Waals surface area contributed by atoms with Crippen LogP contribution in [0.15, 0.2) is 53.8 Å². The number of nitrogens with zero attached hydrogens (tertiary/aromatic N) is 3. The number of carbonyl (C=O) groups is 1. The highest BCUT2D eigenvalue weighted by atomic mass is 35.5. The molecule has 0 spiro atoms. The van der Waals surface area contributed by atoms with Crippen molar-refractivity contribution in [3.05, 3.63) is 53.8 Å². The molecule has 12 heteroatoms. The number of benzene rings is 1. The number of carbonyl (C=O) groups excluding carboxylic acids is 1. The number of guanidine groups is 1. The number of anilines is 1. The lowest BCUT2D eigenvalue weighted by molar-refractivity contribution is -0.727. The van der Waals surface area contributed by atoms with Crippen LogP contribution in [-0.4, -0.2) is 45.0 Å². The first-order valence-electron chi connectivity index (χ1n) is 13.0. The zero-order valence-electron chi connectivity index (χ0n) is 21.9. The zero-order chi connectivity index (χ0) is 26.8. The van der Waals surface area contributed by atoms with Crippen molar-refractivity contribution in [3.63, 3.8) is 0 Å². The van der Waals surface area contributed by atoms with Crippen LogP contribution in [0.4, 0.5) is 10.5 Å². The molecule has 1 aromatic carbocycles. The van der Waals surface area contributed by atoms with Crippen LogP contribution in [0.1, 0.15) is 38.5 Å². The van der Waals surface area contributed by atoms with Crippen molar-refractivity contribution in [2.75, 3.05) is 38.2 Å². The Morgan fingerprint density at radius 3 is 2.51 bits per heavy atom. The number of nitriles is 1. The number of unbranched alkanes of at least 4 members (excludes halogenated alkanes) is 3. The molecule has 0 radical (unpaired) electrons. The SMILES string of the molecule is N#CN=C(NCCCCCCOc1ccc(Cl)cc1)Nc1cc[n+](COC(=O)OCC2CCNCC2)cc1.[Cl-]. The van der Waals surface area contributed by atoms with E-state index >= 15 is 0 Å². The van der Waals surface area contributed by atoms with E-state index in [2.05, 4.69) is 20.9 Å². The molecule has 0 atom stereocenters. The first-order chi connectivity index (χ1) is 18.6. The molecule has 0 amide bonds. The minimum Gasteiger partial charge on any atom is -1.00 e. The van der Waals surface area contributed by atoms with Gasteiger partial charge in [0.05, 0.1) is 18.9 Å². The van der Waals surface area contributed by atoms with Crippen LogP contribution in [0.2, 0.25) is 5.02 Å². The lowest BCUT2D eigenvalue weighted by atomic mass is 9.99. The van der Waals surface area contributed by atoms with E-state index < -0.39 is 6.16 Å². The highest BCUT2D eigenvalue weighted by Crippen LogP contribution is 2.16. The van der Waals surface area contributed by atoms with Crippen LogP contribution in [-0.2, 0) is 16.2 Å². The largest absolute Gasteiger partial charge is 1.00 e. The van der Waals surface area contributed by atoms with E-state index in [-0.39, 0.29) is 19.1 Å². The molecular weight excluding hydrogens is 543 g/mol. The molecule has 0 unspecified atom stereocenters. The third-order valence-corrected chi connectivity index (χ3v) is 6.24. The molecule has 1 saturated heterocycles. The number of aromatic nitrogens is 1. The summed E-state index contributed by atoms with van der Waals surface area (Å²) in [4.78, 5) is 15.7. The van der Waals surface area contributed by atoms with Crippen molar-refractivity contribution in [2.45, 2.75) is 45.3 Å². The molecule has 212 valence electrons. The number of ether oxygens (including phenoxy) is 3. The van der Waals surface area contributed by atoms with Crippen LogP contribution in [0.3, 0.4) is 0 Å². The molecule has 3 N–H and O–H groups in total. The topological polar surface area (TPSA) is 121 Å². The predicted octanol–water partition coefficient (Wildman–Crippen LogP) is 1.22. The van der Waals surface area contributed by atoms with Gasteiger partial charge in [-0.2, -0.15) is 9.83 Å². The molecule has 10 nitrogen and oxygen atoms in total. The maximum absolute atomic E-state index is 11.9. The third-order valence-electron chi connectivity index (χ3n) is 5.99. The highest BCUT2D eigenvalue weighted by Gasteiger charge is 2.16. The lowest BCUT2D eigenvalue weighted by Gasteiger charge is -2.21. The van der Waals surface area contributed by atoms with E-state index in [1.165, 1.54) is 0 Å². The van der Waals surface area contributed by atoms with Gasteiger partial charge in [0.2, 0.25) is 12.2 Å². The number of aliphatic imine (C=N–C) groups is 1. The fourth-order valence-corrected chi connectivity index (χ4v) is 3.96. The molecule has 3 rings (SSSR count). The summed E-state index contributed by atoms with van der Waals surface area (Å²) < 4.78 is 17.8. The lowest BCUT2D eigenvalue weighted by Crippen LogP contribution is -3.00. The van der Waals surface area contributed by atoms with Crippen LogP contribution in [0, 0.1) is 17.4 Å². The van der Waals surface area contributed by atoms with E-state index in [0.29, 0.717) is 36.7 Å². The second-order valence-electron chi connectivity index (χ2n) is 8.96. The zero-order valence-corrected chi connectivity index (χ0v) is 23.4. The fraction of sp³-hybridized carbons (Fsp3) is 0.481. The van der Waals surface area contributed by atoms with Gasteiger partial charge in [0.25, 0.3) is 6.73 Å². The molecule has 0 bridgehead atoms. The van der Waals surface area contributed by atoms with Gasteiger partial charge < -0.3 is 42.6 Å². The van der Waals surface area contributed by atoms with Crippen LogP contribution in [0.25, 0.3) is 0 Å².